The molecule has 1 N–H and O–H groups in total. The maximum Gasteiger partial charge on any atom is 0.338 e. The number of methoxy groups -OCH3 is 1. The van der Waals surface area contributed by atoms with Crippen LogP contribution >= 0.6 is 0 Å². The van der Waals surface area contributed by atoms with Crippen LogP contribution in [-0.2, 0) is 16.1 Å². The minimum absolute atomic E-state index is 0.0654. The van der Waals surface area contributed by atoms with Crippen LogP contribution in [0.15, 0.2) is 42.5 Å². The van der Waals surface area contributed by atoms with E-state index in [1.165, 1.54) is 32.2 Å². The van der Waals surface area contributed by atoms with Crippen LogP contribution in [0.3, 0.4) is 0 Å². The number of amides is 1. The molecule has 5 nitrogen and oxygen atoms in total. The molecule has 0 aromatic heterocycles. The summed E-state index contributed by atoms with van der Waals surface area (Å²) in [5, 5.41) is 2.58. The molecule has 1 amide bonds. The van der Waals surface area contributed by atoms with Gasteiger partial charge in [-0.3, -0.25) is 4.79 Å². The third kappa shape index (κ3) is 4.54. The van der Waals surface area contributed by atoms with E-state index in [1.54, 1.807) is 24.3 Å². The summed E-state index contributed by atoms with van der Waals surface area (Å²) >= 11 is 0. The Kier molecular flexibility index (Phi) is 5.30. The first-order chi connectivity index (χ1) is 11.0. The van der Waals surface area contributed by atoms with Crippen molar-refractivity contribution in [2.45, 2.75) is 13.5 Å². The maximum absolute atomic E-state index is 13.6. The van der Waals surface area contributed by atoms with Gasteiger partial charge in [0, 0.05) is 12.6 Å². The lowest BCUT2D eigenvalue weighted by atomic mass is 10.2. The zero-order valence-electron chi connectivity index (χ0n) is 12.8. The fourth-order valence-corrected chi connectivity index (χ4v) is 1.96. The van der Waals surface area contributed by atoms with Gasteiger partial charge in [-0.15, -0.1) is 0 Å². The normalized spacial score (nSPS) is 10.0. The Morgan fingerprint density at radius 2 is 1.96 bits per heavy atom. The van der Waals surface area contributed by atoms with E-state index in [0.717, 1.165) is 0 Å². The van der Waals surface area contributed by atoms with Gasteiger partial charge in [-0.05, 0) is 35.9 Å². The molecule has 0 radical (unpaired) electrons. The van der Waals surface area contributed by atoms with Gasteiger partial charge in [0.25, 0.3) is 0 Å². The molecule has 0 heterocycles. The Labute approximate surface area is 133 Å². The molecule has 0 aliphatic carbocycles. The molecule has 0 fully saturated rings. The summed E-state index contributed by atoms with van der Waals surface area (Å²) in [6.07, 6.45) is 0. The quantitative estimate of drug-likeness (QED) is 0.860. The van der Waals surface area contributed by atoms with E-state index in [2.05, 4.69) is 5.32 Å². The lowest BCUT2D eigenvalue weighted by Gasteiger charge is -2.08. The minimum Gasteiger partial charge on any atom is -0.494 e. The summed E-state index contributed by atoms with van der Waals surface area (Å²) in [4.78, 5) is 23.0. The Bertz CT molecular complexity index is 730. The van der Waals surface area contributed by atoms with Gasteiger partial charge < -0.3 is 14.8 Å². The molecule has 0 spiro atoms. The molecule has 120 valence electrons. The number of benzene rings is 2. The van der Waals surface area contributed by atoms with Crippen molar-refractivity contribution in [1.29, 1.82) is 0 Å². The van der Waals surface area contributed by atoms with Crippen molar-refractivity contribution in [2.75, 3.05) is 12.4 Å². The number of hydrogen-bond donors (Lipinski definition) is 1. The number of ether oxygens (including phenoxy) is 2. The zero-order chi connectivity index (χ0) is 16.8. The second kappa shape index (κ2) is 7.40. The predicted molar refractivity (Wildman–Crippen MR) is 82.8 cm³/mol. The molecule has 0 unspecified atom stereocenters. The van der Waals surface area contributed by atoms with Gasteiger partial charge in [0.15, 0.2) is 11.6 Å². The van der Waals surface area contributed by atoms with Crippen LogP contribution in [-0.4, -0.2) is 19.0 Å². The highest BCUT2D eigenvalue weighted by Gasteiger charge is 2.10. The van der Waals surface area contributed by atoms with Crippen LogP contribution in [0.4, 0.5) is 10.1 Å². The van der Waals surface area contributed by atoms with E-state index >= 15 is 0 Å². The summed E-state index contributed by atoms with van der Waals surface area (Å²) in [5.74, 6) is -1.19. The lowest BCUT2D eigenvalue weighted by molar-refractivity contribution is -0.114. The average Bonchev–Trinajstić information content (AvgIpc) is 2.52. The van der Waals surface area contributed by atoms with Gasteiger partial charge in [-0.1, -0.05) is 12.1 Å². The van der Waals surface area contributed by atoms with Crippen LogP contribution in [0.5, 0.6) is 5.75 Å². The van der Waals surface area contributed by atoms with Crippen molar-refractivity contribution >= 4 is 17.6 Å². The monoisotopic (exact) mass is 317 g/mol. The molecule has 0 aliphatic heterocycles. The third-order valence-corrected chi connectivity index (χ3v) is 3.00. The average molecular weight is 317 g/mol. The smallest absolute Gasteiger partial charge is 0.338 e. The maximum atomic E-state index is 13.6. The van der Waals surface area contributed by atoms with Gasteiger partial charge in [0.1, 0.15) is 6.61 Å². The predicted octanol–water partition coefficient (Wildman–Crippen LogP) is 3.15. The fourth-order valence-electron chi connectivity index (χ4n) is 1.96. The number of carbonyl (C=O) groups is 2. The van der Waals surface area contributed by atoms with Gasteiger partial charge >= 0.3 is 5.97 Å². The molecular weight excluding hydrogens is 301 g/mol. The van der Waals surface area contributed by atoms with Crippen molar-refractivity contribution in [3.8, 4) is 5.75 Å². The first kappa shape index (κ1) is 16.5. The van der Waals surface area contributed by atoms with Crippen LogP contribution in [0.25, 0.3) is 0 Å². The largest absolute Gasteiger partial charge is 0.494 e. The number of anilines is 1. The van der Waals surface area contributed by atoms with E-state index in [4.69, 9.17) is 9.47 Å². The van der Waals surface area contributed by atoms with Crippen molar-refractivity contribution < 1.29 is 23.5 Å². The van der Waals surface area contributed by atoms with E-state index < -0.39 is 11.8 Å². The summed E-state index contributed by atoms with van der Waals surface area (Å²) in [6, 6.07) is 10.7. The number of nitrogens with one attached hydrogen (secondary N) is 1. The molecule has 2 aromatic rings. The SMILES string of the molecule is COc1ccc(COC(=O)c2cccc(NC(C)=O)c2)cc1F. The molecule has 0 saturated heterocycles. The van der Waals surface area contributed by atoms with Gasteiger partial charge in [0.05, 0.1) is 12.7 Å². The summed E-state index contributed by atoms with van der Waals surface area (Å²) < 4.78 is 23.5. The highest BCUT2D eigenvalue weighted by molar-refractivity contribution is 5.93. The van der Waals surface area contributed by atoms with Crippen LogP contribution in [0, 0.1) is 5.82 Å². The zero-order valence-corrected chi connectivity index (χ0v) is 12.8. The minimum atomic E-state index is -0.562. The molecule has 0 aliphatic rings. The van der Waals surface area contributed by atoms with Crippen molar-refractivity contribution in [3.05, 3.63) is 59.4 Å². The topological polar surface area (TPSA) is 64.6 Å². The Balaban J connectivity index is 2.02. The first-order valence-electron chi connectivity index (χ1n) is 6.87. The molecule has 2 rings (SSSR count). The lowest BCUT2D eigenvalue weighted by Crippen LogP contribution is -2.09. The highest BCUT2D eigenvalue weighted by Crippen LogP contribution is 2.19. The number of carbonyl (C=O) groups excluding carboxylic acids is 2. The number of hydrogen-bond acceptors (Lipinski definition) is 4. The number of halogens is 1. The summed E-state index contributed by atoms with van der Waals surface area (Å²) in [6.45, 7) is 1.31. The van der Waals surface area contributed by atoms with Crippen molar-refractivity contribution in [2.24, 2.45) is 0 Å². The van der Waals surface area contributed by atoms with Crippen LogP contribution in [0.2, 0.25) is 0 Å². The first-order valence-corrected chi connectivity index (χ1v) is 6.87. The second-order valence-corrected chi connectivity index (χ2v) is 4.81. The summed E-state index contributed by atoms with van der Waals surface area (Å²) in [5.41, 5.74) is 1.31. The molecule has 23 heavy (non-hydrogen) atoms. The molecule has 0 bridgehead atoms. The van der Waals surface area contributed by atoms with Gasteiger partial charge in [0.2, 0.25) is 5.91 Å². The molecular formula is C17H16FNO4. The summed E-state index contributed by atoms with van der Waals surface area (Å²) in [7, 11) is 1.38. The Morgan fingerprint density at radius 1 is 1.17 bits per heavy atom. The molecule has 2 aromatic carbocycles. The van der Waals surface area contributed by atoms with Gasteiger partial charge in [-0.25, -0.2) is 9.18 Å². The molecule has 0 atom stereocenters. The molecule has 0 saturated carbocycles. The fraction of sp³-hybridized carbons (Fsp3) is 0.176. The van der Waals surface area contributed by atoms with E-state index in [-0.39, 0.29) is 18.3 Å². The Hall–Kier alpha value is -2.89. The standard InChI is InChI=1S/C17H16FNO4/c1-11(20)19-14-5-3-4-13(9-14)17(21)23-10-12-6-7-16(22-2)15(18)8-12/h3-9H,10H2,1-2H3,(H,19,20). The van der Waals surface area contributed by atoms with Crippen molar-refractivity contribution in [3.63, 3.8) is 0 Å². The third-order valence-electron chi connectivity index (χ3n) is 3.00. The van der Waals surface area contributed by atoms with Crippen LogP contribution in [0.1, 0.15) is 22.8 Å². The molecule has 6 heteroatoms. The van der Waals surface area contributed by atoms with E-state index in [9.17, 15) is 14.0 Å². The Morgan fingerprint density at radius 3 is 2.61 bits per heavy atom. The number of esters is 1. The highest BCUT2D eigenvalue weighted by atomic mass is 19.1. The van der Waals surface area contributed by atoms with Crippen LogP contribution < -0.4 is 10.1 Å². The van der Waals surface area contributed by atoms with E-state index in [1.807, 2.05) is 0 Å². The number of rotatable bonds is 5. The van der Waals surface area contributed by atoms with Gasteiger partial charge in [-0.2, -0.15) is 0 Å². The van der Waals surface area contributed by atoms with Crippen molar-refractivity contribution in [1.82, 2.24) is 0 Å². The second-order valence-electron chi connectivity index (χ2n) is 4.81. The van der Waals surface area contributed by atoms with E-state index in [0.29, 0.717) is 16.8 Å².